The van der Waals surface area contributed by atoms with Crippen molar-refractivity contribution in [2.24, 2.45) is 11.5 Å². The molecule has 0 aromatic carbocycles. The summed E-state index contributed by atoms with van der Waals surface area (Å²) < 4.78 is 0. The molecule has 0 unspecified atom stereocenters. The van der Waals surface area contributed by atoms with E-state index in [2.05, 4.69) is 21.3 Å². The summed E-state index contributed by atoms with van der Waals surface area (Å²) in [6.45, 7) is 3.53. The average molecular weight is 355 g/mol. The highest BCUT2D eigenvalue weighted by atomic mass is 16.4. The SMILES string of the molecule is C[C@H](N)C(=O)N[C@@H](CC1=CN[CH]N1)C(=O)N[C@@H](CCCCN)C(=O)O. The van der Waals surface area contributed by atoms with E-state index < -0.39 is 35.9 Å². The van der Waals surface area contributed by atoms with Gasteiger partial charge >= 0.3 is 5.97 Å². The lowest BCUT2D eigenvalue weighted by Gasteiger charge is -2.22. The van der Waals surface area contributed by atoms with Gasteiger partial charge in [-0.1, -0.05) is 0 Å². The third kappa shape index (κ3) is 7.40. The summed E-state index contributed by atoms with van der Waals surface area (Å²) in [5.41, 5.74) is 11.6. The van der Waals surface area contributed by atoms with E-state index in [0.717, 1.165) is 0 Å². The fourth-order valence-electron chi connectivity index (χ4n) is 2.19. The van der Waals surface area contributed by atoms with Crippen molar-refractivity contribution >= 4 is 17.8 Å². The quantitative estimate of drug-likeness (QED) is 0.210. The minimum atomic E-state index is -1.13. The van der Waals surface area contributed by atoms with Gasteiger partial charge in [-0.2, -0.15) is 0 Å². The normalized spacial score (nSPS) is 16.7. The molecule has 0 saturated carbocycles. The van der Waals surface area contributed by atoms with Crippen LogP contribution in [0.3, 0.4) is 0 Å². The summed E-state index contributed by atoms with van der Waals surface area (Å²) in [6, 6.07) is -2.77. The molecule has 25 heavy (non-hydrogen) atoms. The molecular formula is C15H27N6O4. The Morgan fingerprint density at radius 3 is 2.40 bits per heavy atom. The second-order valence-electron chi connectivity index (χ2n) is 5.86. The third-order valence-electron chi connectivity index (χ3n) is 3.63. The molecule has 1 heterocycles. The Labute approximate surface area is 146 Å². The van der Waals surface area contributed by atoms with Gasteiger partial charge in [-0.3, -0.25) is 9.59 Å². The zero-order valence-electron chi connectivity index (χ0n) is 14.2. The molecule has 10 nitrogen and oxygen atoms in total. The molecule has 0 saturated heterocycles. The number of hydrogen-bond acceptors (Lipinski definition) is 7. The van der Waals surface area contributed by atoms with E-state index in [-0.39, 0.29) is 12.8 Å². The summed E-state index contributed by atoms with van der Waals surface area (Å²) in [7, 11) is 0. The van der Waals surface area contributed by atoms with Crippen LogP contribution in [-0.4, -0.2) is 47.6 Å². The first-order valence-corrected chi connectivity index (χ1v) is 8.17. The molecule has 0 aromatic heterocycles. The molecular weight excluding hydrogens is 328 g/mol. The largest absolute Gasteiger partial charge is 0.480 e. The summed E-state index contributed by atoms with van der Waals surface area (Å²) in [5, 5.41) is 20.0. The van der Waals surface area contributed by atoms with Crippen LogP contribution in [0.1, 0.15) is 32.6 Å². The molecule has 10 heteroatoms. The molecule has 0 aliphatic carbocycles. The lowest BCUT2D eigenvalue weighted by Crippen LogP contribution is -2.54. The summed E-state index contributed by atoms with van der Waals surface area (Å²) in [4.78, 5) is 35.7. The Morgan fingerprint density at radius 2 is 1.88 bits per heavy atom. The molecule has 1 rings (SSSR count). The van der Waals surface area contributed by atoms with Gasteiger partial charge in [0.25, 0.3) is 0 Å². The van der Waals surface area contributed by atoms with E-state index in [1.807, 2.05) is 0 Å². The number of nitrogens with two attached hydrogens (primary N) is 2. The van der Waals surface area contributed by atoms with Crippen molar-refractivity contribution in [1.82, 2.24) is 21.3 Å². The zero-order valence-corrected chi connectivity index (χ0v) is 14.2. The number of nitrogens with one attached hydrogen (secondary N) is 4. The Kier molecular flexibility index (Phi) is 8.71. The fraction of sp³-hybridized carbons (Fsp3) is 0.600. The van der Waals surface area contributed by atoms with Crippen LogP contribution in [0, 0.1) is 6.67 Å². The lowest BCUT2D eigenvalue weighted by atomic mass is 10.1. The van der Waals surface area contributed by atoms with Crippen molar-refractivity contribution in [3.8, 4) is 0 Å². The van der Waals surface area contributed by atoms with Crippen LogP contribution in [0.15, 0.2) is 11.9 Å². The number of amides is 2. The number of rotatable bonds is 11. The number of hydrogen-bond donors (Lipinski definition) is 7. The number of carbonyl (C=O) groups excluding carboxylic acids is 2. The van der Waals surface area contributed by atoms with E-state index in [9.17, 15) is 19.5 Å². The first-order chi connectivity index (χ1) is 11.8. The number of carboxylic acids is 1. The predicted octanol–water partition coefficient (Wildman–Crippen LogP) is -1.94. The molecule has 3 atom stereocenters. The van der Waals surface area contributed by atoms with Gasteiger partial charge in [0.15, 0.2) is 0 Å². The van der Waals surface area contributed by atoms with Gasteiger partial charge in [0.2, 0.25) is 11.8 Å². The Bertz CT molecular complexity index is 508. The molecule has 0 aromatic rings. The molecule has 0 spiro atoms. The molecule has 141 valence electrons. The Morgan fingerprint density at radius 1 is 1.20 bits per heavy atom. The first kappa shape index (κ1) is 20.7. The van der Waals surface area contributed by atoms with Gasteiger partial charge in [0, 0.05) is 18.3 Å². The van der Waals surface area contributed by atoms with E-state index in [1.54, 1.807) is 12.9 Å². The van der Waals surface area contributed by atoms with E-state index in [4.69, 9.17) is 11.5 Å². The maximum Gasteiger partial charge on any atom is 0.326 e. The summed E-state index contributed by atoms with van der Waals surface area (Å²) in [6.07, 6.45) is 3.33. The average Bonchev–Trinajstić information content (AvgIpc) is 3.06. The molecule has 1 radical (unpaired) electrons. The van der Waals surface area contributed by atoms with Gasteiger partial charge in [0.05, 0.1) is 6.04 Å². The molecule has 0 fully saturated rings. The van der Waals surface area contributed by atoms with Crippen molar-refractivity contribution < 1.29 is 19.5 Å². The smallest absolute Gasteiger partial charge is 0.326 e. The number of carboxylic acid groups (broad SMARTS) is 1. The molecule has 1 aliphatic heterocycles. The van der Waals surface area contributed by atoms with Crippen LogP contribution < -0.4 is 32.7 Å². The van der Waals surface area contributed by atoms with Crippen LogP contribution in [-0.2, 0) is 14.4 Å². The van der Waals surface area contributed by atoms with E-state index in [1.165, 1.54) is 6.92 Å². The number of carbonyl (C=O) groups is 3. The van der Waals surface area contributed by atoms with Crippen LogP contribution in [0.4, 0.5) is 0 Å². The van der Waals surface area contributed by atoms with Crippen molar-refractivity contribution in [2.75, 3.05) is 6.54 Å². The molecule has 1 aliphatic rings. The van der Waals surface area contributed by atoms with Crippen LogP contribution in [0.25, 0.3) is 0 Å². The minimum Gasteiger partial charge on any atom is -0.480 e. The maximum absolute atomic E-state index is 12.5. The lowest BCUT2D eigenvalue weighted by molar-refractivity contribution is -0.142. The highest BCUT2D eigenvalue weighted by Gasteiger charge is 2.28. The minimum absolute atomic E-state index is 0.170. The van der Waals surface area contributed by atoms with Gasteiger partial charge < -0.3 is 37.8 Å². The highest BCUT2D eigenvalue weighted by Crippen LogP contribution is 2.08. The standard InChI is InChI=1S/C15H27N6O4/c1-9(17)13(22)21-12(6-10-7-18-8-19-10)14(23)20-11(15(24)25)4-2-3-5-16/h7-9,11-12,18-19H,2-6,16-17H2,1H3,(H,20,23)(H,21,22)(H,24,25)/t9-,11-,12-/m0/s1. The van der Waals surface area contributed by atoms with E-state index in [0.29, 0.717) is 25.1 Å². The monoisotopic (exact) mass is 355 g/mol. The fourth-order valence-corrected chi connectivity index (χ4v) is 2.19. The third-order valence-corrected chi connectivity index (χ3v) is 3.63. The highest BCUT2D eigenvalue weighted by molar-refractivity contribution is 5.91. The van der Waals surface area contributed by atoms with Crippen LogP contribution in [0.2, 0.25) is 0 Å². The molecule has 9 N–H and O–H groups in total. The Balaban J connectivity index is 2.74. The van der Waals surface area contributed by atoms with Gasteiger partial charge in [-0.15, -0.1) is 0 Å². The number of unbranched alkanes of at least 4 members (excludes halogenated alkanes) is 1. The molecule has 2 amide bonds. The first-order valence-electron chi connectivity index (χ1n) is 8.17. The van der Waals surface area contributed by atoms with Crippen LogP contribution >= 0.6 is 0 Å². The van der Waals surface area contributed by atoms with Gasteiger partial charge in [0.1, 0.15) is 18.8 Å². The zero-order chi connectivity index (χ0) is 18.8. The van der Waals surface area contributed by atoms with Crippen LogP contribution in [0.5, 0.6) is 0 Å². The maximum atomic E-state index is 12.5. The van der Waals surface area contributed by atoms with E-state index >= 15 is 0 Å². The predicted molar refractivity (Wildman–Crippen MR) is 91.3 cm³/mol. The van der Waals surface area contributed by atoms with Crippen molar-refractivity contribution in [2.45, 2.75) is 50.7 Å². The summed E-state index contributed by atoms with van der Waals surface area (Å²) in [5.74, 6) is -2.20. The topological polar surface area (TPSA) is 172 Å². The second kappa shape index (κ2) is 10.5. The number of aliphatic carboxylic acids is 1. The van der Waals surface area contributed by atoms with Crippen molar-refractivity contribution in [3.63, 3.8) is 0 Å². The van der Waals surface area contributed by atoms with Crippen molar-refractivity contribution in [3.05, 3.63) is 18.6 Å². The van der Waals surface area contributed by atoms with Crippen molar-refractivity contribution in [1.29, 1.82) is 0 Å². The Hall–Kier alpha value is -2.33. The van der Waals surface area contributed by atoms with Gasteiger partial charge in [-0.25, -0.2) is 4.79 Å². The molecule has 0 bridgehead atoms. The summed E-state index contributed by atoms with van der Waals surface area (Å²) >= 11 is 0. The van der Waals surface area contributed by atoms with Gasteiger partial charge in [-0.05, 0) is 32.7 Å². The second-order valence-corrected chi connectivity index (χ2v) is 5.86.